The first kappa shape index (κ1) is 13.3. The Hall–Kier alpha value is -1.65. The molecular formula is C16H21N3O. The molecule has 2 aromatic rings. The van der Waals surface area contributed by atoms with Crippen LogP contribution in [0, 0.1) is 0 Å². The van der Waals surface area contributed by atoms with Gasteiger partial charge in [0.1, 0.15) is 5.82 Å². The summed E-state index contributed by atoms with van der Waals surface area (Å²) in [6, 6.07) is 10.5. The predicted octanol–water partition coefficient (Wildman–Crippen LogP) is 2.90. The molecule has 0 aliphatic carbocycles. The molecule has 20 heavy (non-hydrogen) atoms. The average Bonchev–Trinajstić information content (AvgIpc) is 3.07. The SMILES string of the molecule is CC(C)O[C@H]1CN[C@H](c2ncc(-c3ccccc3)[nH]2)C1. The number of nitrogens with zero attached hydrogens (tertiary/aromatic N) is 1. The van der Waals surface area contributed by atoms with E-state index in [9.17, 15) is 0 Å². The van der Waals surface area contributed by atoms with Gasteiger partial charge in [0, 0.05) is 6.54 Å². The van der Waals surface area contributed by atoms with Crippen LogP contribution in [0.2, 0.25) is 0 Å². The summed E-state index contributed by atoms with van der Waals surface area (Å²) >= 11 is 0. The van der Waals surface area contributed by atoms with Gasteiger partial charge in [-0.05, 0) is 25.8 Å². The highest BCUT2D eigenvalue weighted by Gasteiger charge is 2.28. The van der Waals surface area contributed by atoms with Crippen molar-refractivity contribution in [1.82, 2.24) is 15.3 Å². The smallest absolute Gasteiger partial charge is 0.123 e. The van der Waals surface area contributed by atoms with Gasteiger partial charge in [-0.15, -0.1) is 0 Å². The minimum absolute atomic E-state index is 0.260. The minimum atomic E-state index is 0.260. The van der Waals surface area contributed by atoms with Gasteiger partial charge < -0.3 is 15.0 Å². The van der Waals surface area contributed by atoms with E-state index in [-0.39, 0.29) is 18.2 Å². The zero-order valence-electron chi connectivity index (χ0n) is 12.0. The van der Waals surface area contributed by atoms with Crippen LogP contribution in [-0.4, -0.2) is 28.7 Å². The Morgan fingerprint density at radius 3 is 2.80 bits per heavy atom. The standard InChI is InChI=1S/C16H21N3O/c1-11(2)20-13-8-14(17-9-13)16-18-10-15(19-16)12-6-4-3-5-7-12/h3-7,10-11,13-14,17H,8-9H2,1-2H3,(H,18,19)/t13-,14+/m1/s1. The van der Waals surface area contributed by atoms with E-state index in [2.05, 4.69) is 41.3 Å². The molecule has 1 aromatic heterocycles. The van der Waals surface area contributed by atoms with Crippen LogP contribution in [0.5, 0.6) is 0 Å². The molecular weight excluding hydrogens is 250 g/mol. The van der Waals surface area contributed by atoms with E-state index in [1.807, 2.05) is 24.4 Å². The number of imidazole rings is 1. The molecule has 4 nitrogen and oxygen atoms in total. The van der Waals surface area contributed by atoms with Gasteiger partial charge in [0.25, 0.3) is 0 Å². The molecule has 1 saturated heterocycles. The van der Waals surface area contributed by atoms with Crippen LogP contribution in [0.3, 0.4) is 0 Å². The third-order valence-corrected chi connectivity index (χ3v) is 3.57. The predicted molar refractivity (Wildman–Crippen MR) is 79.4 cm³/mol. The average molecular weight is 271 g/mol. The quantitative estimate of drug-likeness (QED) is 0.899. The van der Waals surface area contributed by atoms with E-state index in [0.717, 1.165) is 24.5 Å². The van der Waals surface area contributed by atoms with Crippen LogP contribution >= 0.6 is 0 Å². The minimum Gasteiger partial charge on any atom is -0.374 e. The van der Waals surface area contributed by atoms with Gasteiger partial charge in [-0.3, -0.25) is 0 Å². The van der Waals surface area contributed by atoms with Crippen LogP contribution < -0.4 is 5.32 Å². The van der Waals surface area contributed by atoms with Gasteiger partial charge in [-0.1, -0.05) is 30.3 Å². The summed E-state index contributed by atoms with van der Waals surface area (Å²) in [5, 5.41) is 3.47. The summed E-state index contributed by atoms with van der Waals surface area (Å²) in [6.45, 7) is 5.05. The highest BCUT2D eigenvalue weighted by molar-refractivity contribution is 5.58. The number of nitrogens with one attached hydrogen (secondary N) is 2. The van der Waals surface area contributed by atoms with Crippen molar-refractivity contribution in [2.24, 2.45) is 0 Å². The van der Waals surface area contributed by atoms with Crippen LogP contribution in [0.4, 0.5) is 0 Å². The Bertz CT molecular complexity index is 550. The van der Waals surface area contributed by atoms with Crippen molar-refractivity contribution in [1.29, 1.82) is 0 Å². The van der Waals surface area contributed by atoms with E-state index in [1.165, 1.54) is 5.56 Å². The van der Waals surface area contributed by atoms with E-state index in [0.29, 0.717) is 0 Å². The molecule has 0 saturated carbocycles. The van der Waals surface area contributed by atoms with Gasteiger partial charge in [0.15, 0.2) is 0 Å². The molecule has 106 valence electrons. The summed E-state index contributed by atoms with van der Waals surface area (Å²) in [6.07, 6.45) is 3.44. The van der Waals surface area contributed by atoms with Gasteiger partial charge in [0.2, 0.25) is 0 Å². The van der Waals surface area contributed by atoms with Gasteiger partial charge >= 0.3 is 0 Å². The Morgan fingerprint density at radius 2 is 2.05 bits per heavy atom. The lowest BCUT2D eigenvalue weighted by molar-refractivity contribution is 0.0185. The van der Waals surface area contributed by atoms with Crippen molar-refractivity contribution in [2.45, 2.75) is 38.5 Å². The molecule has 0 unspecified atom stereocenters. The Morgan fingerprint density at radius 1 is 1.25 bits per heavy atom. The number of hydrogen-bond donors (Lipinski definition) is 2. The molecule has 2 heterocycles. The van der Waals surface area contributed by atoms with Gasteiger partial charge in [-0.25, -0.2) is 4.98 Å². The van der Waals surface area contributed by atoms with Crippen LogP contribution in [0.1, 0.15) is 32.1 Å². The molecule has 1 aromatic carbocycles. The molecule has 1 aliphatic heterocycles. The summed E-state index contributed by atoms with van der Waals surface area (Å²) in [5.74, 6) is 0.999. The molecule has 0 radical (unpaired) electrons. The van der Waals surface area contributed by atoms with Crippen molar-refractivity contribution in [3.8, 4) is 11.3 Å². The van der Waals surface area contributed by atoms with Crippen molar-refractivity contribution in [3.63, 3.8) is 0 Å². The lowest BCUT2D eigenvalue weighted by atomic mass is 10.2. The molecule has 1 fully saturated rings. The number of rotatable bonds is 4. The second-order valence-corrected chi connectivity index (χ2v) is 5.55. The van der Waals surface area contributed by atoms with E-state index >= 15 is 0 Å². The fraction of sp³-hybridized carbons (Fsp3) is 0.438. The lowest BCUT2D eigenvalue weighted by Crippen LogP contribution is -2.20. The lowest BCUT2D eigenvalue weighted by Gasteiger charge is -2.13. The summed E-state index contributed by atoms with van der Waals surface area (Å²) < 4.78 is 5.85. The maximum absolute atomic E-state index is 5.85. The number of aromatic nitrogens is 2. The van der Waals surface area contributed by atoms with Crippen molar-refractivity contribution in [3.05, 3.63) is 42.4 Å². The second-order valence-electron chi connectivity index (χ2n) is 5.55. The molecule has 0 spiro atoms. The van der Waals surface area contributed by atoms with Gasteiger partial charge in [-0.2, -0.15) is 0 Å². The first-order chi connectivity index (χ1) is 9.72. The number of H-pyrrole nitrogens is 1. The maximum atomic E-state index is 5.85. The van der Waals surface area contributed by atoms with Crippen molar-refractivity contribution in [2.75, 3.05) is 6.54 Å². The first-order valence-corrected chi connectivity index (χ1v) is 7.21. The third-order valence-electron chi connectivity index (χ3n) is 3.57. The van der Waals surface area contributed by atoms with E-state index in [1.54, 1.807) is 0 Å². The highest BCUT2D eigenvalue weighted by atomic mass is 16.5. The molecule has 4 heteroatoms. The summed E-state index contributed by atoms with van der Waals surface area (Å²) in [7, 11) is 0. The monoisotopic (exact) mass is 271 g/mol. The number of benzene rings is 1. The van der Waals surface area contributed by atoms with Crippen molar-refractivity contribution >= 4 is 0 Å². The number of hydrogen-bond acceptors (Lipinski definition) is 3. The zero-order chi connectivity index (χ0) is 13.9. The van der Waals surface area contributed by atoms with Crippen LogP contribution in [-0.2, 0) is 4.74 Å². The third kappa shape index (κ3) is 2.92. The molecule has 2 atom stereocenters. The second kappa shape index (κ2) is 5.77. The largest absolute Gasteiger partial charge is 0.374 e. The fourth-order valence-electron chi connectivity index (χ4n) is 2.68. The number of aromatic amines is 1. The normalized spacial score (nSPS) is 22.6. The zero-order valence-corrected chi connectivity index (χ0v) is 12.0. The Kier molecular flexibility index (Phi) is 3.85. The molecule has 0 amide bonds. The maximum Gasteiger partial charge on any atom is 0.123 e. The number of ether oxygens (including phenoxy) is 1. The molecule has 3 rings (SSSR count). The van der Waals surface area contributed by atoms with Crippen LogP contribution in [0.15, 0.2) is 36.5 Å². The Balaban J connectivity index is 1.69. The summed E-state index contributed by atoms with van der Waals surface area (Å²) in [5.41, 5.74) is 2.23. The van der Waals surface area contributed by atoms with E-state index < -0.39 is 0 Å². The fourth-order valence-corrected chi connectivity index (χ4v) is 2.68. The van der Waals surface area contributed by atoms with E-state index in [4.69, 9.17) is 4.74 Å². The molecule has 1 aliphatic rings. The topological polar surface area (TPSA) is 49.9 Å². The first-order valence-electron chi connectivity index (χ1n) is 7.21. The van der Waals surface area contributed by atoms with Crippen LogP contribution in [0.25, 0.3) is 11.3 Å². The van der Waals surface area contributed by atoms with Crippen molar-refractivity contribution < 1.29 is 4.74 Å². The highest BCUT2D eigenvalue weighted by Crippen LogP contribution is 2.25. The molecule has 0 bridgehead atoms. The summed E-state index contributed by atoms with van der Waals surface area (Å²) in [4.78, 5) is 7.93. The molecule has 2 N–H and O–H groups in total. The van der Waals surface area contributed by atoms with Gasteiger partial charge in [0.05, 0.1) is 30.1 Å². The Labute approximate surface area is 119 Å².